The van der Waals surface area contributed by atoms with Crippen molar-refractivity contribution in [1.82, 2.24) is 4.98 Å². The third kappa shape index (κ3) is 4.48. The maximum absolute atomic E-state index is 13.0. The number of H-pyrrole nitrogens is 1. The zero-order valence-corrected chi connectivity index (χ0v) is 19.1. The van der Waals surface area contributed by atoms with Crippen LogP contribution in [0.5, 0.6) is 0 Å². The van der Waals surface area contributed by atoms with Gasteiger partial charge in [0.25, 0.3) is 10.0 Å². The molecule has 0 aliphatic carbocycles. The molecule has 4 rings (SSSR count). The number of carbonyl (C=O) groups excluding carboxylic acids is 2. The van der Waals surface area contributed by atoms with Gasteiger partial charge in [0, 0.05) is 29.7 Å². The first-order valence-electron chi connectivity index (χ1n) is 9.89. The molecular weight excluding hydrogens is 464 g/mol. The summed E-state index contributed by atoms with van der Waals surface area (Å²) in [5.74, 6) is -1.29. The first kappa shape index (κ1) is 22.6. The number of ketones is 1. The summed E-state index contributed by atoms with van der Waals surface area (Å²) in [5, 5.41) is 0.731. The van der Waals surface area contributed by atoms with E-state index in [1.807, 2.05) is 12.1 Å². The van der Waals surface area contributed by atoms with Crippen molar-refractivity contribution in [3.05, 3.63) is 95.1 Å². The lowest BCUT2D eigenvalue weighted by Gasteiger charge is -2.20. The number of ether oxygens (including phenoxy) is 1. The van der Waals surface area contributed by atoms with Gasteiger partial charge in [0.05, 0.1) is 21.2 Å². The van der Waals surface area contributed by atoms with E-state index >= 15 is 0 Å². The largest absolute Gasteiger partial charge is 0.454 e. The normalized spacial score (nSPS) is 11.3. The number of aromatic amines is 1. The monoisotopic (exact) mass is 482 g/mol. The fourth-order valence-corrected chi connectivity index (χ4v) is 4.76. The fourth-order valence-electron chi connectivity index (χ4n) is 3.34. The predicted molar refractivity (Wildman–Crippen MR) is 126 cm³/mol. The molecule has 0 radical (unpaired) electrons. The molecule has 0 aliphatic heterocycles. The van der Waals surface area contributed by atoms with Crippen molar-refractivity contribution in [2.45, 2.75) is 4.90 Å². The van der Waals surface area contributed by atoms with E-state index in [0.29, 0.717) is 16.6 Å². The Labute approximate surface area is 195 Å². The van der Waals surface area contributed by atoms with Gasteiger partial charge in [0.15, 0.2) is 6.61 Å². The summed E-state index contributed by atoms with van der Waals surface area (Å²) < 4.78 is 32.3. The number of Topliss-reactive ketones (excluding diaryl/α,β-unsaturated/α-hetero) is 1. The number of esters is 1. The number of sulfonamides is 1. The number of fused-ring (bicyclic) bond motifs is 1. The van der Waals surface area contributed by atoms with Crippen LogP contribution in [0.4, 0.5) is 5.69 Å². The third-order valence-corrected chi connectivity index (χ3v) is 7.27. The summed E-state index contributed by atoms with van der Waals surface area (Å²) in [6, 6.07) is 19.5. The number of aromatic nitrogens is 1. The zero-order valence-electron chi connectivity index (χ0n) is 17.5. The predicted octanol–water partition coefficient (Wildman–Crippen LogP) is 4.69. The van der Waals surface area contributed by atoms with Crippen molar-refractivity contribution < 1.29 is 22.7 Å². The van der Waals surface area contributed by atoms with Crippen LogP contribution in [0.2, 0.25) is 5.02 Å². The number of halogens is 1. The van der Waals surface area contributed by atoms with Crippen molar-refractivity contribution in [3.8, 4) is 0 Å². The standard InChI is InChI=1S/C24H19ClN2O5S/c1-27(16-7-3-2-4-8-16)33(30,31)17-11-12-21(25)19(13-17)24(29)32-15-23(28)20-14-26-22-10-6-5-9-18(20)22/h2-14,26H,15H2,1H3. The van der Waals surface area contributed by atoms with E-state index in [2.05, 4.69) is 4.98 Å². The number of para-hydroxylation sites is 2. The Bertz CT molecular complexity index is 1450. The molecule has 0 fully saturated rings. The molecule has 1 N–H and O–H groups in total. The Hall–Kier alpha value is -3.62. The average molecular weight is 483 g/mol. The summed E-state index contributed by atoms with van der Waals surface area (Å²) in [6.45, 7) is -0.516. The van der Waals surface area contributed by atoms with Crippen molar-refractivity contribution in [1.29, 1.82) is 0 Å². The second-order valence-corrected chi connectivity index (χ2v) is 9.57. The van der Waals surface area contributed by atoms with Gasteiger partial charge in [-0.3, -0.25) is 9.10 Å². The smallest absolute Gasteiger partial charge is 0.340 e. The van der Waals surface area contributed by atoms with Gasteiger partial charge in [-0.25, -0.2) is 13.2 Å². The van der Waals surface area contributed by atoms with Gasteiger partial charge in [-0.2, -0.15) is 0 Å². The number of hydrogen-bond donors (Lipinski definition) is 1. The van der Waals surface area contributed by atoms with Gasteiger partial charge >= 0.3 is 5.97 Å². The molecule has 0 saturated heterocycles. The molecule has 4 aromatic rings. The molecule has 0 bridgehead atoms. The van der Waals surface area contributed by atoms with Crippen LogP contribution >= 0.6 is 11.6 Å². The quantitative estimate of drug-likeness (QED) is 0.304. The van der Waals surface area contributed by atoms with E-state index in [1.54, 1.807) is 48.7 Å². The molecule has 1 aromatic heterocycles. The Kier molecular flexibility index (Phi) is 6.22. The highest BCUT2D eigenvalue weighted by Gasteiger charge is 2.24. The Balaban J connectivity index is 1.54. The molecule has 9 heteroatoms. The maximum atomic E-state index is 13.0. The number of nitrogens with zero attached hydrogens (tertiary/aromatic N) is 1. The van der Waals surface area contributed by atoms with Gasteiger partial charge < -0.3 is 9.72 Å². The van der Waals surface area contributed by atoms with E-state index in [4.69, 9.17) is 16.3 Å². The van der Waals surface area contributed by atoms with Crippen LogP contribution in [0.3, 0.4) is 0 Å². The average Bonchev–Trinajstić information content (AvgIpc) is 3.27. The van der Waals surface area contributed by atoms with Crippen LogP contribution in [0.25, 0.3) is 10.9 Å². The van der Waals surface area contributed by atoms with Gasteiger partial charge in [0.1, 0.15) is 0 Å². The highest BCUT2D eigenvalue weighted by molar-refractivity contribution is 7.92. The zero-order chi connectivity index (χ0) is 23.6. The number of rotatable bonds is 7. The van der Waals surface area contributed by atoms with E-state index in [9.17, 15) is 18.0 Å². The second-order valence-electron chi connectivity index (χ2n) is 7.20. The number of benzene rings is 3. The minimum atomic E-state index is -3.96. The summed E-state index contributed by atoms with van der Waals surface area (Å²) in [7, 11) is -2.55. The van der Waals surface area contributed by atoms with E-state index < -0.39 is 28.4 Å². The molecule has 0 aliphatic rings. The van der Waals surface area contributed by atoms with E-state index in [-0.39, 0.29) is 15.5 Å². The molecule has 0 saturated carbocycles. The molecular formula is C24H19ClN2O5S. The lowest BCUT2D eigenvalue weighted by atomic mass is 10.1. The van der Waals surface area contributed by atoms with Crippen LogP contribution in [-0.2, 0) is 14.8 Å². The molecule has 7 nitrogen and oxygen atoms in total. The van der Waals surface area contributed by atoms with Crippen LogP contribution in [0, 0.1) is 0 Å². The minimum absolute atomic E-state index is 0.0147. The first-order chi connectivity index (χ1) is 15.8. The van der Waals surface area contributed by atoms with Crippen molar-refractivity contribution >= 4 is 50.0 Å². The number of hydrogen-bond acceptors (Lipinski definition) is 5. The maximum Gasteiger partial charge on any atom is 0.340 e. The van der Waals surface area contributed by atoms with Gasteiger partial charge in [-0.15, -0.1) is 0 Å². The van der Waals surface area contributed by atoms with E-state index in [0.717, 1.165) is 15.9 Å². The molecule has 0 spiro atoms. The molecule has 0 atom stereocenters. The van der Waals surface area contributed by atoms with Crippen LogP contribution < -0.4 is 4.31 Å². The lowest BCUT2D eigenvalue weighted by Crippen LogP contribution is -2.26. The molecule has 33 heavy (non-hydrogen) atoms. The molecule has 0 unspecified atom stereocenters. The van der Waals surface area contributed by atoms with Gasteiger partial charge in [-0.1, -0.05) is 48.0 Å². The van der Waals surface area contributed by atoms with Crippen molar-refractivity contribution in [3.63, 3.8) is 0 Å². The molecule has 0 amide bonds. The van der Waals surface area contributed by atoms with Crippen molar-refractivity contribution in [2.75, 3.05) is 18.0 Å². The van der Waals surface area contributed by atoms with Gasteiger partial charge in [-0.05, 0) is 36.4 Å². The van der Waals surface area contributed by atoms with Gasteiger partial charge in [0.2, 0.25) is 5.78 Å². The fraction of sp³-hybridized carbons (Fsp3) is 0.0833. The Morgan fingerprint density at radius 1 is 0.970 bits per heavy atom. The summed E-state index contributed by atoms with van der Waals surface area (Å²) >= 11 is 6.13. The lowest BCUT2D eigenvalue weighted by molar-refractivity contribution is 0.0475. The highest BCUT2D eigenvalue weighted by atomic mass is 35.5. The number of nitrogens with one attached hydrogen (secondary N) is 1. The minimum Gasteiger partial charge on any atom is -0.454 e. The van der Waals surface area contributed by atoms with Crippen LogP contribution in [0.15, 0.2) is 83.9 Å². The summed E-state index contributed by atoms with van der Waals surface area (Å²) in [4.78, 5) is 28.1. The Morgan fingerprint density at radius 2 is 1.67 bits per heavy atom. The molecule has 1 heterocycles. The molecule has 3 aromatic carbocycles. The van der Waals surface area contributed by atoms with Crippen LogP contribution in [-0.4, -0.2) is 38.8 Å². The number of anilines is 1. The van der Waals surface area contributed by atoms with Crippen molar-refractivity contribution in [2.24, 2.45) is 0 Å². The molecule has 168 valence electrons. The Morgan fingerprint density at radius 3 is 2.42 bits per heavy atom. The topological polar surface area (TPSA) is 96.5 Å². The number of carbonyl (C=O) groups is 2. The second kappa shape index (κ2) is 9.09. The van der Waals surface area contributed by atoms with Crippen LogP contribution in [0.1, 0.15) is 20.7 Å². The van der Waals surface area contributed by atoms with E-state index in [1.165, 1.54) is 19.2 Å². The third-order valence-electron chi connectivity index (χ3n) is 5.16. The summed E-state index contributed by atoms with van der Waals surface area (Å²) in [5.41, 5.74) is 1.49. The SMILES string of the molecule is CN(c1ccccc1)S(=O)(=O)c1ccc(Cl)c(C(=O)OCC(=O)c2c[nH]c3ccccc23)c1. The summed E-state index contributed by atoms with van der Waals surface area (Å²) in [6.07, 6.45) is 1.56. The first-order valence-corrected chi connectivity index (χ1v) is 11.7. The highest BCUT2D eigenvalue weighted by Crippen LogP contribution is 2.26.